The van der Waals surface area contributed by atoms with E-state index in [0.29, 0.717) is 19.4 Å². The molecule has 1 aliphatic heterocycles. The molecule has 1 rings (SSSR count). The number of hydrogen-bond acceptors (Lipinski definition) is 2. The van der Waals surface area contributed by atoms with Crippen LogP contribution in [0.1, 0.15) is 96.8 Å². The van der Waals surface area contributed by atoms with Crippen LogP contribution >= 0.6 is 0 Å². The summed E-state index contributed by atoms with van der Waals surface area (Å²) in [5.74, 6) is -0.841. The lowest BCUT2D eigenvalue weighted by Gasteiger charge is -2.21. The molecule has 1 fully saturated rings. The van der Waals surface area contributed by atoms with Crippen LogP contribution in [0.2, 0.25) is 0 Å². The van der Waals surface area contributed by atoms with Gasteiger partial charge in [-0.05, 0) is 51.4 Å². The van der Waals surface area contributed by atoms with Crippen molar-refractivity contribution < 1.29 is 14.7 Å². The minimum atomic E-state index is -0.860. The number of hydrogen-bond donors (Lipinski definition) is 1. The van der Waals surface area contributed by atoms with Crippen LogP contribution < -0.4 is 0 Å². The standard InChI is InChI=1S/C23H39NO3/c1-2-3-4-5-6-7-8-9-10-11-12-13-14-15-16-19-22(25)24-20-17-18-21(24)23(26)27/h6-7,9-10,21H,2-5,8,11-20H2,1H3,(H,26,27)/b7-6-,10-9-/t21-/m0/s1. The van der Waals surface area contributed by atoms with Gasteiger partial charge in [-0.1, -0.05) is 63.3 Å². The molecule has 154 valence electrons. The van der Waals surface area contributed by atoms with Crippen molar-refractivity contribution in [2.24, 2.45) is 0 Å². The number of aliphatic carboxylic acids is 1. The second-order valence-corrected chi connectivity index (χ2v) is 7.56. The Morgan fingerprint density at radius 1 is 0.926 bits per heavy atom. The number of carboxylic acids is 1. The SMILES string of the molecule is CCCCC/C=C\C/C=C\CCCCCCCC(=O)N1CCC[C@H]1C(=O)O. The Kier molecular flexibility index (Phi) is 13.4. The van der Waals surface area contributed by atoms with Gasteiger partial charge >= 0.3 is 5.97 Å². The minimum Gasteiger partial charge on any atom is -0.480 e. The topological polar surface area (TPSA) is 57.6 Å². The third-order valence-electron chi connectivity index (χ3n) is 5.20. The Balaban J connectivity index is 1.93. The van der Waals surface area contributed by atoms with Crippen LogP contribution in [-0.2, 0) is 9.59 Å². The van der Waals surface area contributed by atoms with Crippen molar-refractivity contribution in [1.29, 1.82) is 0 Å². The van der Waals surface area contributed by atoms with Gasteiger partial charge in [-0.3, -0.25) is 4.79 Å². The van der Waals surface area contributed by atoms with Crippen molar-refractivity contribution in [3.8, 4) is 0 Å². The van der Waals surface area contributed by atoms with Crippen molar-refractivity contribution in [2.45, 2.75) is 103 Å². The van der Waals surface area contributed by atoms with Crippen LogP contribution in [0.25, 0.3) is 0 Å². The summed E-state index contributed by atoms with van der Waals surface area (Å²) in [5.41, 5.74) is 0. The molecule has 0 aromatic rings. The van der Waals surface area contributed by atoms with E-state index in [1.165, 1.54) is 38.5 Å². The highest BCUT2D eigenvalue weighted by Gasteiger charge is 2.33. The van der Waals surface area contributed by atoms with Crippen molar-refractivity contribution in [2.75, 3.05) is 6.54 Å². The molecule has 1 saturated heterocycles. The first-order chi connectivity index (χ1) is 13.2. The van der Waals surface area contributed by atoms with Crippen molar-refractivity contribution in [3.05, 3.63) is 24.3 Å². The second kappa shape index (κ2) is 15.5. The Labute approximate surface area is 165 Å². The number of unbranched alkanes of at least 4 members (excludes halogenated alkanes) is 8. The number of carbonyl (C=O) groups excluding carboxylic acids is 1. The highest BCUT2D eigenvalue weighted by molar-refractivity contribution is 5.84. The summed E-state index contributed by atoms with van der Waals surface area (Å²) in [6, 6.07) is -0.588. The van der Waals surface area contributed by atoms with Crippen molar-refractivity contribution in [3.63, 3.8) is 0 Å². The fourth-order valence-corrected chi connectivity index (χ4v) is 3.55. The molecule has 1 heterocycles. The number of carbonyl (C=O) groups is 2. The normalized spacial score (nSPS) is 17.4. The van der Waals surface area contributed by atoms with Gasteiger partial charge in [0.25, 0.3) is 0 Å². The number of carboxylic acid groups (broad SMARTS) is 1. The Hall–Kier alpha value is -1.58. The Morgan fingerprint density at radius 2 is 1.56 bits per heavy atom. The molecule has 1 N–H and O–H groups in total. The van der Waals surface area contributed by atoms with Gasteiger partial charge in [0.05, 0.1) is 0 Å². The molecule has 0 radical (unpaired) electrons. The Morgan fingerprint density at radius 3 is 2.22 bits per heavy atom. The third-order valence-corrected chi connectivity index (χ3v) is 5.20. The van der Waals surface area contributed by atoms with Crippen LogP contribution in [0, 0.1) is 0 Å². The zero-order valence-electron chi connectivity index (χ0n) is 17.2. The molecule has 0 spiro atoms. The van der Waals surface area contributed by atoms with E-state index < -0.39 is 12.0 Å². The molecule has 27 heavy (non-hydrogen) atoms. The lowest BCUT2D eigenvalue weighted by Crippen LogP contribution is -2.40. The van der Waals surface area contributed by atoms with Gasteiger partial charge in [-0.25, -0.2) is 4.79 Å². The molecule has 0 unspecified atom stereocenters. The monoisotopic (exact) mass is 377 g/mol. The zero-order chi connectivity index (χ0) is 19.7. The van der Waals surface area contributed by atoms with Gasteiger partial charge in [-0.2, -0.15) is 0 Å². The summed E-state index contributed by atoms with van der Waals surface area (Å²) in [6.45, 7) is 2.84. The molecule has 0 aliphatic carbocycles. The van der Waals surface area contributed by atoms with Crippen LogP contribution in [0.5, 0.6) is 0 Å². The van der Waals surface area contributed by atoms with Gasteiger partial charge in [0.1, 0.15) is 6.04 Å². The molecule has 0 saturated carbocycles. The van der Waals surface area contributed by atoms with Gasteiger partial charge in [0.15, 0.2) is 0 Å². The van der Waals surface area contributed by atoms with E-state index >= 15 is 0 Å². The maximum atomic E-state index is 12.1. The summed E-state index contributed by atoms with van der Waals surface area (Å²) in [6.07, 6.45) is 23.8. The average Bonchev–Trinajstić information content (AvgIpc) is 3.15. The second-order valence-electron chi connectivity index (χ2n) is 7.56. The van der Waals surface area contributed by atoms with Gasteiger partial charge in [-0.15, -0.1) is 0 Å². The van der Waals surface area contributed by atoms with E-state index in [1.807, 2.05) is 0 Å². The number of likely N-dealkylation sites (tertiary alicyclic amines) is 1. The molecule has 0 aromatic carbocycles. The quantitative estimate of drug-likeness (QED) is 0.286. The lowest BCUT2D eigenvalue weighted by molar-refractivity contribution is -0.148. The highest BCUT2D eigenvalue weighted by Crippen LogP contribution is 2.19. The average molecular weight is 378 g/mol. The van der Waals surface area contributed by atoms with Crippen LogP contribution in [0.4, 0.5) is 0 Å². The number of nitrogens with zero attached hydrogens (tertiary/aromatic N) is 1. The third kappa shape index (κ3) is 11.0. The summed E-state index contributed by atoms with van der Waals surface area (Å²) in [5, 5.41) is 9.13. The van der Waals surface area contributed by atoms with Crippen LogP contribution in [0.3, 0.4) is 0 Å². The zero-order valence-corrected chi connectivity index (χ0v) is 17.2. The molecule has 0 bridgehead atoms. The van der Waals surface area contributed by atoms with E-state index in [-0.39, 0.29) is 5.91 Å². The molecular formula is C23H39NO3. The summed E-state index contributed by atoms with van der Waals surface area (Å²) < 4.78 is 0. The summed E-state index contributed by atoms with van der Waals surface area (Å²) >= 11 is 0. The predicted molar refractivity (Wildman–Crippen MR) is 112 cm³/mol. The van der Waals surface area contributed by atoms with Crippen molar-refractivity contribution in [1.82, 2.24) is 4.90 Å². The van der Waals surface area contributed by atoms with E-state index in [9.17, 15) is 9.59 Å². The smallest absolute Gasteiger partial charge is 0.326 e. The van der Waals surface area contributed by atoms with E-state index in [0.717, 1.165) is 38.5 Å². The fraction of sp³-hybridized carbons (Fsp3) is 0.739. The highest BCUT2D eigenvalue weighted by atomic mass is 16.4. The van der Waals surface area contributed by atoms with E-state index in [4.69, 9.17) is 5.11 Å². The van der Waals surface area contributed by atoms with Gasteiger partial charge in [0.2, 0.25) is 5.91 Å². The molecule has 1 atom stereocenters. The maximum absolute atomic E-state index is 12.1. The van der Waals surface area contributed by atoms with Crippen molar-refractivity contribution >= 4 is 11.9 Å². The first-order valence-corrected chi connectivity index (χ1v) is 11.0. The van der Waals surface area contributed by atoms with Gasteiger partial charge < -0.3 is 10.0 Å². The summed E-state index contributed by atoms with van der Waals surface area (Å²) in [7, 11) is 0. The summed E-state index contributed by atoms with van der Waals surface area (Å²) in [4.78, 5) is 24.8. The molecule has 4 heteroatoms. The minimum absolute atomic E-state index is 0.0191. The largest absolute Gasteiger partial charge is 0.480 e. The van der Waals surface area contributed by atoms with Crippen LogP contribution in [-0.4, -0.2) is 34.5 Å². The molecule has 4 nitrogen and oxygen atoms in total. The molecule has 0 aromatic heterocycles. The van der Waals surface area contributed by atoms with E-state index in [1.54, 1.807) is 4.90 Å². The number of allylic oxidation sites excluding steroid dienone is 4. The first-order valence-electron chi connectivity index (χ1n) is 11.0. The number of amides is 1. The maximum Gasteiger partial charge on any atom is 0.326 e. The van der Waals surface area contributed by atoms with E-state index in [2.05, 4.69) is 31.2 Å². The fourth-order valence-electron chi connectivity index (χ4n) is 3.55. The molecular weight excluding hydrogens is 338 g/mol. The van der Waals surface area contributed by atoms with Gasteiger partial charge in [0, 0.05) is 13.0 Å². The Bertz CT molecular complexity index is 470. The predicted octanol–water partition coefficient (Wildman–Crippen LogP) is 5.88. The molecule has 1 aliphatic rings. The number of rotatable bonds is 15. The lowest BCUT2D eigenvalue weighted by atomic mass is 10.1. The van der Waals surface area contributed by atoms with Crippen LogP contribution in [0.15, 0.2) is 24.3 Å². The first kappa shape index (κ1) is 23.5. The molecule has 1 amide bonds.